The van der Waals surface area contributed by atoms with E-state index < -0.39 is 0 Å². The fourth-order valence-electron chi connectivity index (χ4n) is 3.31. The van der Waals surface area contributed by atoms with Gasteiger partial charge < -0.3 is 14.8 Å². The van der Waals surface area contributed by atoms with Gasteiger partial charge in [-0.1, -0.05) is 31.2 Å². The van der Waals surface area contributed by atoms with E-state index in [4.69, 9.17) is 9.47 Å². The molecule has 4 rings (SSSR count). The Kier molecular flexibility index (Phi) is 4.54. The van der Waals surface area contributed by atoms with Crippen LogP contribution in [0, 0.1) is 0 Å². The van der Waals surface area contributed by atoms with Gasteiger partial charge in [-0.15, -0.1) is 0 Å². The normalized spacial score (nSPS) is 15.5. The number of nitrogens with one attached hydrogen (secondary N) is 1. The number of hydrogen-bond donors (Lipinski definition) is 1. The average molecular weight is 362 g/mol. The van der Waals surface area contributed by atoms with E-state index in [2.05, 4.69) is 52.7 Å². The van der Waals surface area contributed by atoms with Gasteiger partial charge in [-0.3, -0.25) is 0 Å². The third-order valence-corrected chi connectivity index (χ3v) is 4.84. The largest absolute Gasteiger partial charge is 0.497 e. The molecule has 0 saturated carbocycles. The second-order valence-corrected chi connectivity index (χ2v) is 6.34. The molecule has 0 fully saturated rings. The number of allylic oxidation sites excluding steroid dienone is 1. The van der Waals surface area contributed by atoms with E-state index in [1.54, 1.807) is 20.5 Å². The van der Waals surface area contributed by atoms with Crippen molar-refractivity contribution in [2.24, 2.45) is 0 Å². The predicted octanol–water partition coefficient (Wildman–Crippen LogP) is 3.91. The summed E-state index contributed by atoms with van der Waals surface area (Å²) in [5.74, 6) is 2.25. The van der Waals surface area contributed by atoms with Crippen molar-refractivity contribution in [2.45, 2.75) is 19.4 Å². The number of nitrogens with zero attached hydrogens (tertiary/aromatic N) is 3. The first-order valence-corrected chi connectivity index (χ1v) is 8.93. The quantitative estimate of drug-likeness (QED) is 0.745. The van der Waals surface area contributed by atoms with E-state index in [0.29, 0.717) is 5.95 Å². The molecular weight excluding hydrogens is 340 g/mol. The van der Waals surface area contributed by atoms with Crippen molar-refractivity contribution >= 4 is 11.6 Å². The molecule has 6 heteroatoms. The summed E-state index contributed by atoms with van der Waals surface area (Å²) < 4.78 is 12.9. The third kappa shape index (κ3) is 3.14. The highest BCUT2D eigenvalue weighted by Crippen LogP contribution is 2.37. The minimum Gasteiger partial charge on any atom is -0.497 e. The van der Waals surface area contributed by atoms with Crippen LogP contribution >= 0.6 is 0 Å². The zero-order chi connectivity index (χ0) is 18.8. The first kappa shape index (κ1) is 17.1. The minimum atomic E-state index is -0.158. The van der Waals surface area contributed by atoms with E-state index in [1.807, 2.05) is 22.9 Å². The lowest BCUT2D eigenvalue weighted by Crippen LogP contribution is -2.20. The van der Waals surface area contributed by atoms with Crippen LogP contribution in [0.25, 0.3) is 5.70 Å². The van der Waals surface area contributed by atoms with E-state index in [1.165, 1.54) is 5.56 Å². The highest BCUT2D eigenvalue weighted by molar-refractivity contribution is 5.77. The van der Waals surface area contributed by atoms with Crippen LogP contribution in [-0.4, -0.2) is 29.0 Å². The van der Waals surface area contributed by atoms with Crippen LogP contribution in [0.4, 0.5) is 5.95 Å². The Hall–Kier alpha value is -3.28. The number of ether oxygens (including phenoxy) is 2. The molecular formula is C21H22N4O2. The summed E-state index contributed by atoms with van der Waals surface area (Å²) in [6, 6.07) is 14.2. The topological polar surface area (TPSA) is 61.2 Å². The van der Waals surface area contributed by atoms with E-state index in [0.717, 1.165) is 34.7 Å². The maximum absolute atomic E-state index is 5.59. The van der Waals surface area contributed by atoms with Crippen LogP contribution in [0.3, 0.4) is 0 Å². The fraction of sp³-hybridized carbons (Fsp3) is 0.238. The summed E-state index contributed by atoms with van der Waals surface area (Å²) in [5.41, 5.74) is 4.37. The standard InChI is InChI=1S/C21H22N4O2/c1-4-14-5-7-15(8-6-14)18-12-19(25-21(24-18)22-13-23-25)17-11-16(26-2)9-10-20(17)27-3/h5-13,19H,4H2,1-3H3,(H,22,23,24)/t19-/m0/s1. The molecule has 6 nitrogen and oxygen atoms in total. The monoisotopic (exact) mass is 362 g/mol. The maximum Gasteiger partial charge on any atom is 0.226 e. The van der Waals surface area contributed by atoms with E-state index >= 15 is 0 Å². The van der Waals surface area contributed by atoms with Gasteiger partial charge >= 0.3 is 0 Å². The van der Waals surface area contributed by atoms with Crippen LogP contribution in [0.2, 0.25) is 0 Å². The van der Waals surface area contributed by atoms with Crippen molar-refractivity contribution in [3.8, 4) is 11.5 Å². The molecule has 0 spiro atoms. The summed E-state index contributed by atoms with van der Waals surface area (Å²) in [7, 11) is 3.33. The Balaban J connectivity index is 1.82. The summed E-state index contributed by atoms with van der Waals surface area (Å²) in [6.45, 7) is 2.15. The van der Waals surface area contributed by atoms with Gasteiger partial charge in [0.15, 0.2) is 0 Å². The second kappa shape index (κ2) is 7.15. The zero-order valence-electron chi connectivity index (χ0n) is 15.6. The summed E-state index contributed by atoms with van der Waals surface area (Å²) in [5, 5.41) is 7.78. The Morgan fingerprint density at radius 2 is 1.89 bits per heavy atom. The van der Waals surface area contributed by atoms with Crippen molar-refractivity contribution in [1.82, 2.24) is 14.8 Å². The predicted molar refractivity (Wildman–Crippen MR) is 105 cm³/mol. The molecule has 138 valence electrons. The summed E-state index contributed by atoms with van der Waals surface area (Å²) >= 11 is 0. The van der Waals surface area contributed by atoms with Gasteiger partial charge in [0.1, 0.15) is 23.9 Å². The molecule has 2 heterocycles. The number of fused-ring (bicyclic) bond motifs is 1. The lowest BCUT2D eigenvalue weighted by molar-refractivity contribution is 0.394. The molecule has 0 unspecified atom stereocenters. The number of aromatic nitrogens is 3. The smallest absolute Gasteiger partial charge is 0.226 e. The van der Waals surface area contributed by atoms with Crippen molar-refractivity contribution < 1.29 is 9.47 Å². The second-order valence-electron chi connectivity index (χ2n) is 6.34. The highest BCUT2D eigenvalue weighted by atomic mass is 16.5. The Bertz CT molecular complexity index is 976. The lowest BCUT2D eigenvalue weighted by Gasteiger charge is -2.26. The van der Waals surface area contributed by atoms with E-state index in [9.17, 15) is 0 Å². The van der Waals surface area contributed by atoms with Crippen molar-refractivity contribution in [3.05, 3.63) is 71.6 Å². The minimum absolute atomic E-state index is 0.158. The molecule has 0 bridgehead atoms. The Morgan fingerprint density at radius 3 is 2.59 bits per heavy atom. The Morgan fingerprint density at radius 1 is 1.07 bits per heavy atom. The molecule has 1 aliphatic heterocycles. The van der Waals surface area contributed by atoms with Crippen molar-refractivity contribution in [2.75, 3.05) is 19.5 Å². The zero-order valence-corrected chi connectivity index (χ0v) is 15.6. The van der Waals surface area contributed by atoms with Gasteiger partial charge in [0.25, 0.3) is 0 Å². The fourth-order valence-corrected chi connectivity index (χ4v) is 3.31. The van der Waals surface area contributed by atoms with Crippen LogP contribution in [0.1, 0.15) is 29.7 Å². The summed E-state index contributed by atoms with van der Waals surface area (Å²) in [4.78, 5) is 4.37. The molecule has 0 radical (unpaired) electrons. The van der Waals surface area contributed by atoms with Crippen LogP contribution < -0.4 is 14.8 Å². The Labute approximate surface area is 158 Å². The van der Waals surface area contributed by atoms with Crippen molar-refractivity contribution in [1.29, 1.82) is 0 Å². The molecule has 1 aromatic heterocycles. The first-order valence-electron chi connectivity index (χ1n) is 8.93. The highest BCUT2D eigenvalue weighted by Gasteiger charge is 2.26. The number of anilines is 1. The number of rotatable bonds is 5. The summed E-state index contributed by atoms with van der Waals surface area (Å²) in [6.07, 6.45) is 4.71. The molecule has 0 aliphatic carbocycles. The van der Waals surface area contributed by atoms with Crippen molar-refractivity contribution in [3.63, 3.8) is 0 Å². The molecule has 27 heavy (non-hydrogen) atoms. The first-order chi connectivity index (χ1) is 13.2. The van der Waals surface area contributed by atoms with E-state index in [-0.39, 0.29) is 6.04 Å². The number of methoxy groups -OCH3 is 2. The molecule has 2 aromatic carbocycles. The van der Waals surface area contributed by atoms with Gasteiger partial charge in [0.05, 0.1) is 14.2 Å². The van der Waals surface area contributed by atoms with Gasteiger partial charge in [-0.25, -0.2) is 4.68 Å². The molecule has 1 atom stereocenters. The van der Waals surface area contributed by atoms with Gasteiger partial charge in [-0.05, 0) is 41.8 Å². The van der Waals surface area contributed by atoms with Gasteiger partial charge in [0, 0.05) is 11.3 Å². The van der Waals surface area contributed by atoms with Crippen LogP contribution in [-0.2, 0) is 6.42 Å². The third-order valence-electron chi connectivity index (χ3n) is 4.84. The molecule has 0 saturated heterocycles. The number of aryl methyl sites for hydroxylation is 1. The molecule has 1 aliphatic rings. The van der Waals surface area contributed by atoms with Crippen LogP contribution in [0.15, 0.2) is 54.9 Å². The lowest BCUT2D eigenvalue weighted by atomic mass is 10.00. The molecule has 3 aromatic rings. The van der Waals surface area contributed by atoms with Gasteiger partial charge in [-0.2, -0.15) is 10.1 Å². The SMILES string of the molecule is CCc1ccc(C2=C[C@@H](c3cc(OC)ccc3OC)n3ncnc3N2)cc1. The average Bonchev–Trinajstić information content (AvgIpc) is 3.21. The van der Waals surface area contributed by atoms with Gasteiger partial charge in [0.2, 0.25) is 5.95 Å². The number of hydrogen-bond acceptors (Lipinski definition) is 5. The number of benzene rings is 2. The van der Waals surface area contributed by atoms with Crippen LogP contribution in [0.5, 0.6) is 11.5 Å². The molecule has 0 amide bonds. The maximum atomic E-state index is 5.59. The molecule has 1 N–H and O–H groups in total.